The second-order valence-corrected chi connectivity index (χ2v) is 6.55. The summed E-state index contributed by atoms with van der Waals surface area (Å²) in [6.45, 7) is 0. The predicted molar refractivity (Wildman–Crippen MR) is 88.5 cm³/mol. The Morgan fingerprint density at radius 1 is 1.35 bits per heavy atom. The molecule has 6 nitrogen and oxygen atoms in total. The number of primary amides is 1. The quantitative estimate of drug-likeness (QED) is 0.843. The average molecular weight is 333 g/mol. The van der Waals surface area contributed by atoms with Crippen molar-refractivity contribution >= 4 is 17.7 Å². The molecule has 2 heterocycles. The maximum Gasteiger partial charge on any atom is 0.268 e. The number of hydrogen-bond acceptors (Lipinski definition) is 5. The summed E-state index contributed by atoms with van der Waals surface area (Å²) >= 11 is 1.79. The van der Waals surface area contributed by atoms with Crippen LogP contribution < -0.4 is 15.2 Å². The Hall–Kier alpha value is -2.15. The fourth-order valence-corrected chi connectivity index (χ4v) is 4.18. The Morgan fingerprint density at radius 3 is 2.61 bits per heavy atom. The number of ether oxygens (including phenoxy) is 2. The first-order valence-corrected chi connectivity index (χ1v) is 8.53. The Morgan fingerprint density at radius 2 is 2.09 bits per heavy atom. The smallest absolute Gasteiger partial charge is 0.268 e. The highest BCUT2D eigenvalue weighted by Gasteiger charge is 2.51. The van der Waals surface area contributed by atoms with Crippen molar-refractivity contribution in [2.75, 3.05) is 18.6 Å². The van der Waals surface area contributed by atoms with Crippen molar-refractivity contribution in [3.63, 3.8) is 0 Å². The van der Waals surface area contributed by atoms with Gasteiger partial charge in [-0.3, -0.25) is 9.89 Å². The molecule has 2 unspecified atom stereocenters. The molecule has 23 heavy (non-hydrogen) atoms. The van der Waals surface area contributed by atoms with Crippen LogP contribution in [0.2, 0.25) is 0 Å². The van der Waals surface area contributed by atoms with Crippen LogP contribution in [0.5, 0.6) is 11.5 Å². The molecule has 2 atom stereocenters. The van der Waals surface area contributed by atoms with Crippen LogP contribution in [-0.2, 0) is 10.4 Å². The molecule has 2 aromatic rings. The maximum absolute atomic E-state index is 12.4. The summed E-state index contributed by atoms with van der Waals surface area (Å²) in [6.07, 6.45) is 2.53. The number of H-pyrrole nitrogens is 1. The van der Waals surface area contributed by atoms with Crippen LogP contribution in [0.1, 0.15) is 12.1 Å². The SMILES string of the molecule is COc1ccc(OC(C(N)=O)(c2cc[nH]n2)C2CCSC2)cc1. The number of aromatic nitrogens is 2. The highest BCUT2D eigenvalue weighted by Crippen LogP contribution is 2.42. The molecule has 1 amide bonds. The van der Waals surface area contributed by atoms with Gasteiger partial charge in [0.2, 0.25) is 5.60 Å². The van der Waals surface area contributed by atoms with Crippen LogP contribution in [0.15, 0.2) is 36.5 Å². The minimum atomic E-state index is -1.27. The van der Waals surface area contributed by atoms with Crippen LogP contribution in [-0.4, -0.2) is 34.7 Å². The van der Waals surface area contributed by atoms with Crippen molar-refractivity contribution in [1.82, 2.24) is 10.2 Å². The number of nitrogens with two attached hydrogens (primary N) is 1. The van der Waals surface area contributed by atoms with Crippen LogP contribution in [0.3, 0.4) is 0 Å². The Bertz CT molecular complexity index is 654. The summed E-state index contributed by atoms with van der Waals surface area (Å²) < 4.78 is 11.3. The zero-order valence-corrected chi connectivity index (χ0v) is 13.6. The first-order chi connectivity index (χ1) is 11.2. The first-order valence-electron chi connectivity index (χ1n) is 7.38. The second-order valence-electron chi connectivity index (χ2n) is 5.40. The minimum Gasteiger partial charge on any atom is -0.497 e. The van der Waals surface area contributed by atoms with E-state index in [1.54, 1.807) is 55.4 Å². The number of methoxy groups -OCH3 is 1. The molecule has 1 saturated heterocycles. The molecular weight excluding hydrogens is 314 g/mol. The highest BCUT2D eigenvalue weighted by molar-refractivity contribution is 7.99. The Balaban J connectivity index is 2.01. The van der Waals surface area contributed by atoms with Gasteiger partial charge in [0.15, 0.2) is 0 Å². The molecule has 1 fully saturated rings. The molecule has 0 saturated carbocycles. The van der Waals surface area contributed by atoms with Gasteiger partial charge in [0, 0.05) is 17.9 Å². The number of benzene rings is 1. The molecule has 1 aliphatic rings. The fourth-order valence-electron chi connectivity index (χ4n) is 2.87. The lowest BCUT2D eigenvalue weighted by atomic mass is 9.83. The molecule has 122 valence electrons. The molecule has 1 aromatic heterocycles. The van der Waals surface area contributed by atoms with E-state index < -0.39 is 11.5 Å². The standard InChI is InChI=1S/C16H19N3O3S/c1-21-12-2-4-13(5-3-12)22-16(15(17)20,11-7-9-23-10-11)14-6-8-18-19-14/h2-6,8,11H,7,9-10H2,1H3,(H2,17,20)(H,18,19). The fraction of sp³-hybridized carbons (Fsp3) is 0.375. The van der Waals surface area contributed by atoms with E-state index in [-0.39, 0.29) is 5.92 Å². The van der Waals surface area contributed by atoms with Crippen molar-refractivity contribution in [3.8, 4) is 11.5 Å². The summed E-state index contributed by atoms with van der Waals surface area (Å²) in [4.78, 5) is 12.4. The van der Waals surface area contributed by atoms with Crippen molar-refractivity contribution < 1.29 is 14.3 Å². The van der Waals surface area contributed by atoms with E-state index in [1.165, 1.54) is 0 Å². The van der Waals surface area contributed by atoms with Gasteiger partial charge in [0.25, 0.3) is 5.91 Å². The summed E-state index contributed by atoms with van der Waals surface area (Å²) in [7, 11) is 1.60. The van der Waals surface area contributed by atoms with E-state index >= 15 is 0 Å². The molecule has 1 aromatic carbocycles. The number of thioether (sulfide) groups is 1. The van der Waals surface area contributed by atoms with E-state index in [1.807, 2.05) is 0 Å². The van der Waals surface area contributed by atoms with Gasteiger partial charge in [0.1, 0.15) is 17.2 Å². The van der Waals surface area contributed by atoms with E-state index in [0.717, 1.165) is 23.7 Å². The lowest BCUT2D eigenvalue weighted by Crippen LogP contribution is -2.52. The molecule has 3 N–H and O–H groups in total. The van der Waals surface area contributed by atoms with Gasteiger partial charge < -0.3 is 15.2 Å². The van der Waals surface area contributed by atoms with E-state index in [9.17, 15) is 4.79 Å². The van der Waals surface area contributed by atoms with Crippen molar-refractivity contribution in [2.45, 2.75) is 12.0 Å². The summed E-state index contributed by atoms with van der Waals surface area (Å²) in [5.74, 6) is 2.54. The van der Waals surface area contributed by atoms with Gasteiger partial charge in [-0.15, -0.1) is 0 Å². The summed E-state index contributed by atoms with van der Waals surface area (Å²) in [5, 5.41) is 6.95. The molecular formula is C16H19N3O3S. The zero-order chi connectivity index (χ0) is 16.3. The first kappa shape index (κ1) is 15.7. The third-order valence-corrected chi connectivity index (χ3v) is 5.25. The van der Waals surface area contributed by atoms with Crippen molar-refractivity contribution in [1.29, 1.82) is 0 Å². The molecule has 3 rings (SSSR count). The molecule has 1 aliphatic heterocycles. The number of rotatable bonds is 6. The topological polar surface area (TPSA) is 90.2 Å². The Labute approximate surface area is 138 Å². The molecule has 0 aliphatic carbocycles. The van der Waals surface area contributed by atoms with Crippen LogP contribution in [0.4, 0.5) is 0 Å². The predicted octanol–water partition coefficient (Wildman–Crippen LogP) is 1.93. The highest BCUT2D eigenvalue weighted by atomic mass is 32.2. The zero-order valence-electron chi connectivity index (χ0n) is 12.8. The average Bonchev–Trinajstić information content (AvgIpc) is 3.26. The number of hydrogen-bond donors (Lipinski definition) is 2. The molecule has 0 radical (unpaired) electrons. The second kappa shape index (κ2) is 6.54. The van der Waals surface area contributed by atoms with Gasteiger partial charge in [0.05, 0.1) is 7.11 Å². The minimum absolute atomic E-state index is 0.0181. The molecule has 0 spiro atoms. The van der Waals surface area contributed by atoms with Crippen LogP contribution in [0.25, 0.3) is 0 Å². The van der Waals surface area contributed by atoms with E-state index in [4.69, 9.17) is 15.2 Å². The van der Waals surface area contributed by atoms with Crippen molar-refractivity contribution in [3.05, 3.63) is 42.2 Å². The number of nitrogens with zero attached hydrogens (tertiary/aromatic N) is 1. The molecule has 7 heteroatoms. The van der Waals surface area contributed by atoms with Crippen molar-refractivity contribution in [2.24, 2.45) is 11.7 Å². The number of carbonyl (C=O) groups is 1. The van der Waals surface area contributed by atoms with E-state index in [2.05, 4.69) is 10.2 Å². The number of carbonyl (C=O) groups excluding carboxylic acids is 1. The number of aromatic amines is 1. The normalized spacial score (nSPS) is 20.0. The van der Waals surface area contributed by atoms with Gasteiger partial charge >= 0.3 is 0 Å². The molecule has 0 bridgehead atoms. The third kappa shape index (κ3) is 2.88. The lowest BCUT2D eigenvalue weighted by Gasteiger charge is -2.34. The summed E-state index contributed by atoms with van der Waals surface area (Å²) in [6, 6.07) is 8.86. The van der Waals surface area contributed by atoms with E-state index in [0.29, 0.717) is 11.4 Å². The third-order valence-electron chi connectivity index (χ3n) is 4.09. The van der Waals surface area contributed by atoms with Gasteiger partial charge in [-0.1, -0.05) is 0 Å². The van der Waals surface area contributed by atoms with Gasteiger partial charge in [-0.25, -0.2) is 0 Å². The summed E-state index contributed by atoms with van der Waals surface area (Å²) in [5.41, 5.74) is 5.05. The Kier molecular flexibility index (Phi) is 4.47. The van der Waals surface area contributed by atoms with Crippen LogP contribution in [0, 0.1) is 5.92 Å². The monoisotopic (exact) mass is 333 g/mol. The van der Waals surface area contributed by atoms with Gasteiger partial charge in [-0.2, -0.15) is 16.9 Å². The largest absolute Gasteiger partial charge is 0.497 e. The maximum atomic E-state index is 12.4. The number of nitrogens with one attached hydrogen (secondary N) is 1. The number of amides is 1. The van der Waals surface area contributed by atoms with Crippen LogP contribution >= 0.6 is 11.8 Å². The van der Waals surface area contributed by atoms with Gasteiger partial charge in [-0.05, 0) is 42.5 Å². The lowest BCUT2D eigenvalue weighted by molar-refractivity contribution is -0.139.